The Morgan fingerprint density at radius 3 is 1.24 bits per heavy atom. The molecular weight excluding hydrogens is 455 g/mol. The number of benzene rings is 2. The van der Waals surface area contributed by atoms with Crippen LogP contribution in [0, 0.1) is 27.7 Å². The summed E-state index contributed by atoms with van der Waals surface area (Å²) in [6.45, 7) is 15.7. The summed E-state index contributed by atoms with van der Waals surface area (Å²) in [5.74, 6) is 0.327. The van der Waals surface area contributed by atoms with Crippen LogP contribution in [0.15, 0.2) is 59.2 Å². The quantitative estimate of drug-likeness (QED) is 0.446. The average molecular weight is 484 g/mol. The maximum absolute atomic E-state index is 2.44. The number of allylic oxidation sites excluding steroid dienone is 4. The summed E-state index contributed by atoms with van der Waals surface area (Å²) in [4.78, 5) is 0. The summed E-state index contributed by atoms with van der Waals surface area (Å²) in [5, 5.41) is 0. The van der Waals surface area contributed by atoms with E-state index in [1.54, 1.807) is 0 Å². The molecule has 1 aliphatic rings. The van der Waals surface area contributed by atoms with Gasteiger partial charge in [0.05, 0.1) is 0 Å². The minimum atomic E-state index is 0. The maximum atomic E-state index is 2.44. The molecule has 0 saturated heterocycles. The fourth-order valence-electron chi connectivity index (χ4n) is 4.64. The van der Waals surface area contributed by atoms with Crippen LogP contribution in [-0.4, -0.2) is 0 Å². The summed E-state index contributed by atoms with van der Waals surface area (Å²) in [6.07, 6.45) is 2.38. The summed E-state index contributed by atoms with van der Waals surface area (Å²) in [5.41, 5.74) is 12.6. The van der Waals surface area contributed by atoms with Gasteiger partial charge in [0.2, 0.25) is 0 Å². The molecule has 0 N–H and O–H groups in total. The van der Waals surface area contributed by atoms with Gasteiger partial charge in [0.15, 0.2) is 0 Å². The van der Waals surface area contributed by atoms with Gasteiger partial charge in [0.1, 0.15) is 0 Å². The van der Waals surface area contributed by atoms with Crippen molar-refractivity contribution in [2.75, 3.05) is 0 Å². The molecule has 0 heterocycles. The fourth-order valence-corrected chi connectivity index (χ4v) is 5.58. The van der Waals surface area contributed by atoms with Gasteiger partial charge in [-0.3, -0.25) is 0 Å². The number of halogens is 3. The van der Waals surface area contributed by atoms with Crippen LogP contribution in [-0.2, 0) is 20.4 Å². The van der Waals surface area contributed by atoms with E-state index in [4.69, 9.17) is 0 Å². The third-order valence-electron chi connectivity index (χ3n) is 5.83. The molecule has 154 valence electrons. The zero-order valence-corrected chi connectivity index (χ0v) is 22.1. The summed E-state index contributed by atoms with van der Waals surface area (Å²) in [7, 11) is 0. The first-order chi connectivity index (χ1) is 12.1. The maximum Gasteiger partial charge on any atom is -1.00 e. The summed E-state index contributed by atoms with van der Waals surface area (Å²) < 4.78 is 0.0184. The molecule has 0 saturated carbocycles. The van der Waals surface area contributed by atoms with Crippen molar-refractivity contribution in [1.82, 2.24) is 0 Å². The van der Waals surface area contributed by atoms with Gasteiger partial charge in [-0.1, -0.05) is 0 Å². The molecule has 0 bridgehead atoms. The van der Waals surface area contributed by atoms with Crippen molar-refractivity contribution < 1.29 is 57.7 Å². The summed E-state index contributed by atoms with van der Waals surface area (Å²) >= 11 is 2.44. The molecule has 4 heteroatoms. The van der Waals surface area contributed by atoms with Crippen LogP contribution in [0.25, 0.3) is 0 Å². The molecule has 2 aromatic rings. The normalized spacial score (nSPS) is 18.1. The van der Waals surface area contributed by atoms with Crippen molar-refractivity contribution in [2.24, 2.45) is 0 Å². The minimum Gasteiger partial charge on any atom is -1.00 e. The minimum absolute atomic E-state index is 0. The molecule has 0 aromatic heterocycles. The first kappa shape index (κ1) is 28.5. The van der Waals surface area contributed by atoms with Crippen LogP contribution >= 0.6 is 0 Å². The second-order valence-electron chi connectivity index (χ2n) is 8.22. The van der Waals surface area contributed by atoms with Gasteiger partial charge in [-0.2, -0.15) is 0 Å². The number of hydrogen-bond acceptors (Lipinski definition) is 0. The van der Waals surface area contributed by atoms with E-state index < -0.39 is 0 Å². The summed E-state index contributed by atoms with van der Waals surface area (Å²) in [6, 6.07) is 14.1. The third-order valence-corrected chi connectivity index (χ3v) is 7.48. The predicted molar refractivity (Wildman–Crippen MR) is 108 cm³/mol. The van der Waals surface area contributed by atoms with Crippen molar-refractivity contribution >= 4 is 0 Å². The van der Waals surface area contributed by atoms with Crippen LogP contribution in [0.4, 0.5) is 0 Å². The largest absolute Gasteiger partial charge is 1.00 e. The van der Waals surface area contributed by atoms with Gasteiger partial charge in [0.25, 0.3) is 0 Å². The van der Waals surface area contributed by atoms with E-state index in [1.165, 1.54) is 50.1 Å². The zero-order valence-electron chi connectivity index (χ0n) is 18.3. The van der Waals surface area contributed by atoms with Crippen molar-refractivity contribution in [3.05, 3.63) is 92.6 Å². The topological polar surface area (TPSA) is 0 Å². The Labute approximate surface area is 207 Å². The molecule has 1 unspecified atom stereocenters. The predicted octanol–water partition coefficient (Wildman–Crippen LogP) is -1.93. The Morgan fingerprint density at radius 2 is 0.966 bits per heavy atom. The molecule has 2 aromatic carbocycles. The second-order valence-corrected chi connectivity index (χ2v) is 9.45. The van der Waals surface area contributed by atoms with Crippen molar-refractivity contribution in [2.45, 2.75) is 58.1 Å². The Balaban J connectivity index is 0.00000261. The standard InChI is InChI=1S/C25H29.3ClH.Ti/c1-15-8-16(2)11-22(10-15)25(23-12-17(3)9-18(4)13-23)24-20(6)14-19(5)21(24)7;;;;/h8-14,25H,1-7H3;3*1H;/q;;;;+3/p-3. The molecule has 0 nitrogen and oxygen atoms in total. The van der Waals surface area contributed by atoms with Gasteiger partial charge < -0.3 is 37.2 Å². The SMILES string of the molecule is CC1=CC(C)=C(C)[C]1([Ti+3])C(c1cc(C)cc(C)c1)c1cc(C)cc(C)c1.[Cl-].[Cl-].[Cl-]. The van der Waals surface area contributed by atoms with Crippen molar-refractivity contribution in [1.29, 1.82) is 0 Å². The number of rotatable bonds is 3. The average Bonchev–Trinajstić information content (AvgIpc) is 2.69. The Morgan fingerprint density at radius 1 is 0.621 bits per heavy atom. The van der Waals surface area contributed by atoms with Gasteiger partial charge in [-0.15, -0.1) is 0 Å². The van der Waals surface area contributed by atoms with Crippen LogP contribution < -0.4 is 37.2 Å². The van der Waals surface area contributed by atoms with Crippen LogP contribution in [0.5, 0.6) is 0 Å². The van der Waals surface area contributed by atoms with Crippen LogP contribution in [0.1, 0.15) is 60.1 Å². The molecule has 0 fully saturated rings. The van der Waals surface area contributed by atoms with Gasteiger partial charge in [0, 0.05) is 0 Å². The van der Waals surface area contributed by atoms with Crippen LogP contribution in [0.3, 0.4) is 0 Å². The molecule has 1 aliphatic carbocycles. The third kappa shape index (κ3) is 5.41. The van der Waals surface area contributed by atoms with Crippen molar-refractivity contribution in [3.8, 4) is 0 Å². The zero-order chi connectivity index (χ0) is 19.2. The molecule has 0 amide bonds. The Hall–Kier alpha value is -0.496. The van der Waals surface area contributed by atoms with E-state index in [9.17, 15) is 0 Å². The van der Waals surface area contributed by atoms with E-state index in [-0.39, 0.29) is 40.9 Å². The van der Waals surface area contributed by atoms with E-state index >= 15 is 0 Å². The first-order valence-corrected chi connectivity index (χ1v) is 10.2. The molecule has 0 radical (unpaired) electrons. The van der Waals surface area contributed by atoms with E-state index in [0.717, 1.165) is 0 Å². The van der Waals surface area contributed by atoms with E-state index in [1.807, 2.05) is 0 Å². The van der Waals surface area contributed by atoms with Gasteiger partial charge >= 0.3 is 171 Å². The van der Waals surface area contributed by atoms with E-state index in [0.29, 0.717) is 5.92 Å². The monoisotopic (exact) mass is 482 g/mol. The molecule has 0 spiro atoms. The molecule has 3 rings (SSSR count). The first-order valence-electron chi connectivity index (χ1n) is 9.41. The van der Waals surface area contributed by atoms with E-state index in [2.05, 4.69) is 111 Å². The Kier molecular flexibility index (Phi) is 10.5. The Bertz CT molecular complexity index is 851. The molecule has 1 atom stereocenters. The molecular formula is C25H29Cl3Ti. The van der Waals surface area contributed by atoms with Crippen LogP contribution in [0.2, 0.25) is 3.72 Å². The number of hydrogen-bond donors (Lipinski definition) is 0. The van der Waals surface area contributed by atoms with Crippen molar-refractivity contribution in [3.63, 3.8) is 0 Å². The van der Waals surface area contributed by atoms with Gasteiger partial charge in [-0.25, -0.2) is 0 Å². The second kappa shape index (κ2) is 10.7. The molecule has 0 aliphatic heterocycles. The van der Waals surface area contributed by atoms with Gasteiger partial charge in [-0.05, 0) is 0 Å². The fraction of sp³-hybridized carbons (Fsp3) is 0.360. The smallest absolute Gasteiger partial charge is 1.00 e. The number of aryl methyl sites for hydroxylation is 4. The molecule has 29 heavy (non-hydrogen) atoms.